The highest BCUT2D eigenvalue weighted by Gasteiger charge is 2.25. The van der Waals surface area contributed by atoms with E-state index < -0.39 is 29.5 Å². The van der Waals surface area contributed by atoms with Gasteiger partial charge in [0.05, 0.1) is 29.4 Å². The van der Waals surface area contributed by atoms with Crippen molar-refractivity contribution in [3.63, 3.8) is 0 Å². The summed E-state index contributed by atoms with van der Waals surface area (Å²) in [6, 6.07) is 94.0. The molecule has 0 fully saturated rings. The number of rotatable bonds is 14. The van der Waals surface area contributed by atoms with Crippen LogP contribution in [0.2, 0.25) is 0 Å². The van der Waals surface area contributed by atoms with E-state index in [-0.39, 0.29) is 29.4 Å². The molecule has 0 aromatic heterocycles. The number of hydrogen-bond donors (Lipinski definition) is 0. The Morgan fingerprint density at radius 1 is 0.148 bits per heavy atom. The minimum Gasteiger partial charge on any atom is -0.219 e. The van der Waals surface area contributed by atoms with Gasteiger partial charge in [-0.1, -0.05) is 231 Å². The molecule has 12 aromatic carbocycles. The lowest BCUT2D eigenvalue weighted by Gasteiger charge is -2.23. The van der Waals surface area contributed by atoms with Crippen molar-refractivity contribution in [2.24, 2.45) is 0 Å². The van der Waals surface area contributed by atoms with Crippen molar-refractivity contribution >= 4 is 29.5 Å². The van der Waals surface area contributed by atoms with E-state index in [0.29, 0.717) is 0 Å². The molecular weight excluding hydrogens is 1060 g/mol. The first kappa shape index (κ1) is 52.2. The van der Waals surface area contributed by atoms with Gasteiger partial charge in [-0.3, -0.25) is 0 Å². The monoisotopic (exact) mass is 1110 g/mol. The van der Waals surface area contributed by atoms with Crippen molar-refractivity contribution in [3.05, 3.63) is 303 Å². The maximum absolute atomic E-state index is 13.9. The van der Waals surface area contributed by atoms with E-state index in [1.54, 1.807) is 127 Å². The van der Waals surface area contributed by atoms with Crippen molar-refractivity contribution in [2.45, 2.75) is 29.4 Å². The van der Waals surface area contributed by atoms with Gasteiger partial charge < -0.3 is 0 Å². The minimum absolute atomic E-state index is 0.174. The van der Waals surface area contributed by atoms with Crippen molar-refractivity contribution < 1.29 is 25.3 Å². The Morgan fingerprint density at radius 2 is 0.309 bits per heavy atom. The molecule has 12 aromatic rings. The van der Waals surface area contributed by atoms with Crippen LogP contribution in [0.3, 0.4) is 0 Å². The summed E-state index contributed by atoms with van der Waals surface area (Å²) in [7, 11) is -11.4. The van der Waals surface area contributed by atoms with Gasteiger partial charge in [0.25, 0.3) is 0 Å². The van der Waals surface area contributed by atoms with Gasteiger partial charge in [-0.15, -0.1) is 0 Å². The third-order valence-electron chi connectivity index (χ3n) is 14.7. The van der Waals surface area contributed by atoms with Gasteiger partial charge in [0.2, 0.25) is 29.5 Å². The molecule has 0 heterocycles. The highest BCUT2D eigenvalue weighted by Crippen LogP contribution is 2.49. The first-order valence-corrected chi connectivity index (χ1v) is 30.7. The molecule has 81 heavy (non-hydrogen) atoms. The zero-order valence-electron chi connectivity index (χ0n) is 43.5. The van der Waals surface area contributed by atoms with Gasteiger partial charge in [0.15, 0.2) is 0 Å². The molecule has 0 spiro atoms. The van der Waals surface area contributed by atoms with E-state index >= 15 is 0 Å². The van der Waals surface area contributed by atoms with E-state index in [0.717, 1.165) is 89.0 Å². The molecule has 0 amide bonds. The molecule has 0 N–H and O–H groups in total. The number of benzene rings is 12. The van der Waals surface area contributed by atoms with Crippen LogP contribution in [-0.4, -0.2) is 25.3 Å². The molecule has 0 aliphatic rings. The fraction of sp³-hybridized carbons (Fsp3) is 0. The Bertz CT molecular complexity index is 4560. The van der Waals surface area contributed by atoms with Crippen LogP contribution in [0.5, 0.6) is 0 Å². The SMILES string of the molecule is O=S(=O)(c1ccccc1)c1ccc(-c2ccc(-c3ccccc3)c(-c3ccc(-c4c(-c5ccc(S(=O)(=O)c6ccccc6)cc5)ccc(-c5ccc(S(=O)(=O)c6ccccc6)cc5)c4-c4ccccc4)cc3)c2-c2ccccc2)cc1. The molecule has 9 heteroatoms. The molecule has 0 aliphatic heterocycles. The Morgan fingerprint density at radius 3 is 0.543 bits per heavy atom. The zero-order valence-corrected chi connectivity index (χ0v) is 46.0. The lowest BCUT2D eigenvalue weighted by atomic mass is 9.81. The Labute approximate surface area is 473 Å². The molecule has 0 bridgehead atoms. The van der Waals surface area contributed by atoms with E-state index in [1.165, 1.54) is 0 Å². The summed E-state index contributed by atoms with van der Waals surface area (Å²) in [5.41, 5.74) is 14.6. The second-order valence-electron chi connectivity index (χ2n) is 19.5. The van der Waals surface area contributed by atoms with Crippen molar-refractivity contribution in [1.29, 1.82) is 0 Å². The average Bonchev–Trinajstić information content (AvgIpc) is 3.59. The molecule has 392 valence electrons. The highest BCUT2D eigenvalue weighted by atomic mass is 32.2. The second-order valence-corrected chi connectivity index (χ2v) is 25.4. The third-order valence-corrected chi connectivity index (χ3v) is 20.0. The van der Waals surface area contributed by atoms with E-state index in [1.807, 2.05) is 91.0 Å². The molecule has 0 saturated heterocycles. The van der Waals surface area contributed by atoms with Gasteiger partial charge in [0.1, 0.15) is 0 Å². The van der Waals surface area contributed by atoms with Gasteiger partial charge in [0, 0.05) is 0 Å². The Balaban J connectivity index is 1.06. The Kier molecular flexibility index (Phi) is 14.2. The first-order chi connectivity index (χ1) is 39.5. The lowest BCUT2D eigenvalue weighted by molar-refractivity contribution is 0.594. The van der Waals surface area contributed by atoms with Crippen LogP contribution in [-0.2, 0) is 29.5 Å². The summed E-state index contributed by atoms with van der Waals surface area (Å²) in [6.07, 6.45) is 0. The summed E-state index contributed by atoms with van der Waals surface area (Å²) < 4.78 is 83.0. The van der Waals surface area contributed by atoms with Gasteiger partial charge >= 0.3 is 0 Å². The first-order valence-electron chi connectivity index (χ1n) is 26.3. The molecular formula is C72H50O6S3. The van der Waals surface area contributed by atoms with Crippen LogP contribution in [0.4, 0.5) is 0 Å². The van der Waals surface area contributed by atoms with Crippen molar-refractivity contribution in [2.75, 3.05) is 0 Å². The largest absolute Gasteiger partial charge is 0.219 e. The van der Waals surface area contributed by atoms with Crippen LogP contribution in [0.25, 0.3) is 89.0 Å². The molecule has 0 saturated carbocycles. The molecule has 0 unspecified atom stereocenters. The molecule has 0 atom stereocenters. The summed E-state index contributed by atoms with van der Waals surface area (Å²) in [5, 5.41) is 0. The summed E-state index contributed by atoms with van der Waals surface area (Å²) in [4.78, 5) is 1.21. The van der Waals surface area contributed by atoms with Crippen molar-refractivity contribution in [3.8, 4) is 89.0 Å². The maximum Gasteiger partial charge on any atom is 0.206 e. The number of hydrogen-bond acceptors (Lipinski definition) is 6. The van der Waals surface area contributed by atoms with E-state index in [4.69, 9.17) is 0 Å². The van der Waals surface area contributed by atoms with Gasteiger partial charge in [-0.25, -0.2) is 25.3 Å². The normalized spacial score (nSPS) is 11.8. The van der Waals surface area contributed by atoms with Crippen LogP contribution < -0.4 is 0 Å². The average molecular weight is 1110 g/mol. The summed E-state index contributed by atoms with van der Waals surface area (Å²) in [5.74, 6) is 0. The molecule has 12 rings (SSSR count). The smallest absolute Gasteiger partial charge is 0.206 e. The Hall–Kier alpha value is -9.51. The maximum atomic E-state index is 13.9. The zero-order chi connectivity index (χ0) is 55.6. The topological polar surface area (TPSA) is 102 Å². The molecule has 0 aliphatic carbocycles. The van der Waals surface area contributed by atoms with E-state index in [2.05, 4.69) is 84.9 Å². The summed E-state index contributed by atoms with van der Waals surface area (Å²) >= 11 is 0. The molecule has 0 radical (unpaired) electrons. The van der Waals surface area contributed by atoms with Gasteiger partial charge in [-0.05, 0) is 162 Å². The van der Waals surface area contributed by atoms with Crippen LogP contribution in [0, 0.1) is 0 Å². The third kappa shape index (κ3) is 10.2. The second kappa shape index (κ2) is 22.0. The number of sulfone groups is 3. The highest BCUT2D eigenvalue weighted by molar-refractivity contribution is 7.92. The van der Waals surface area contributed by atoms with E-state index in [9.17, 15) is 25.3 Å². The fourth-order valence-electron chi connectivity index (χ4n) is 10.6. The van der Waals surface area contributed by atoms with Gasteiger partial charge in [-0.2, -0.15) is 0 Å². The van der Waals surface area contributed by atoms with Crippen LogP contribution >= 0.6 is 0 Å². The van der Waals surface area contributed by atoms with Crippen LogP contribution in [0.1, 0.15) is 0 Å². The lowest BCUT2D eigenvalue weighted by Crippen LogP contribution is -2.02. The van der Waals surface area contributed by atoms with Crippen molar-refractivity contribution in [1.82, 2.24) is 0 Å². The predicted octanol–water partition coefficient (Wildman–Crippen LogP) is 17.5. The fourth-order valence-corrected chi connectivity index (χ4v) is 14.5. The summed E-state index contributed by atoms with van der Waals surface area (Å²) in [6.45, 7) is 0. The minimum atomic E-state index is -3.81. The molecule has 6 nitrogen and oxygen atoms in total. The van der Waals surface area contributed by atoms with Crippen LogP contribution in [0.15, 0.2) is 333 Å². The standard InChI is InChI=1S/C72H50O6S3/c73-79(74,59-25-13-4-14-26-59)62-41-35-52(36-42-62)66-48-47-65(51-19-7-1-8-20-51)71(69(66)55-21-9-2-10-22-55)57-31-33-58(34-32-57)72-68(54-39-45-64(46-40-54)81(77,78)61-29-17-6-18-30-61)50-49-67(70(72)56-23-11-3-12-24-56)53-37-43-63(44-38-53)80(75,76)60-27-15-5-16-28-60/h1-50H. The quantitative estimate of drug-likeness (QED) is 0.107. The predicted molar refractivity (Wildman–Crippen MR) is 326 cm³/mol.